The summed E-state index contributed by atoms with van der Waals surface area (Å²) in [5.41, 5.74) is 1.22. The first-order chi connectivity index (χ1) is 7.62. The van der Waals surface area contributed by atoms with Crippen molar-refractivity contribution >= 4 is 26.3 Å². The second-order valence-corrected chi connectivity index (χ2v) is 7.80. The van der Waals surface area contributed by atoms with Gasteiger partial charge in [0.25, 0.3) is 0 Å². The Kier molecular flexibility index (Phi) is 2.43. The van der Waals surface area contributed by atoms with Crippen molar-refractivity contribution in [2.24, 2.45) is 0 Å². The van der Waals surface area contributed by atoms with Crippen LogP contribution in [0.2, 0.25) is 0 Å². The average Bonchev–Trinajstić information content (AvgIpc) is 2.80. The standard InChI is InChI=1S/C10H14N2O2S2/c13-16(14)5-4-7(6-16)11-10-12-8-2-1-3-9(8)15-10/h7H,1-6H2,(H,11,12). The molecule has 1 atom stereocenters. The minimum Gasteiger partial charge on any atom is -0.358 e. The normalized spacial score (nSPS) is 26.9. The van der Waals surface area contributed by atoms with Crippen molar-refractivity contribution in [1.29, 1.82) is 0 Å². The van der Waals surface area contributed by atoms with Gasteiger partial charge in [0.1, 0.15) is 0 Å². The summed E-state index contributed by atoms with van der Waals surface area (Å²) in [7, 11) is -2.80. The van der Waals surface area contributed by atoms with Gasteiger partial charge in [-0.15, -0.1) is 11.3 Å². The average molecular weight is 258 g/mol. The molecule has 1 aromatic heterocycles. The number of thiazole rings is 1. The molecule has 1 fully saturated rings. The topological polar surface area (TPSA) is 59.1 Å². The summed E-state index contributed by atoms with van der Waals surface area (Å²) < 4.78 is 22.6. The summed E-state index contributed by atoms with van der Waals surface area (Å²) >= 11 is 1.69. The van der Waals surface area contributed by atoms with E-state index in [0.717, 1.165) is 18.0 Å². The summed E-state index contributed by atoms with van der Waals surface area (Å²) in [6.07, 6.45) is 4.15. The molecule has 0 spiro atoms. The van der Waals surface area contributed by atoms with Gasteiger partial charge in [-0.2, -0.15) is 0 Å². The first kappa shape index (κ1) is 10.5. The molecular weight excluding hydrogens is 244 g/mol. The molecular formula is C10H14N2O2S2. The first-order valence-corrected chi connectivity index (χ1v) is 8.22. The molecule has 2 aliphatic rings. The lowest BCUT2D eigenvalue weighted by Gasteiger charge is -2.08. The van der Waals surface area contributed by atoms with Gasteiger partial charge in [-0.25, -0.2) is 13.4 Å². The number of anilines is 1. The lowest BCUT2D eigenvalue weighted by molar-refractivity contribution is 0.602. The zero-order valence-corrected chi connectivity index (χ0v) is 10.5. The zero-order chi connectivity index (χ0) is 11.2. The van der Waals surface area contributed by atoms with Gasteiger partial charge >= 0.3 is 0 Å². The van der Waals surface area contributed by atoms with Crippen LogP contribution in [0.5, 0.6) is 0 Å². The van der Waals surface area contributed by atoms with Crippen LogP contribution in [-0.2, 0) is 22.7 Å². The molecule has 1 unspecified atom stereocenters. The van der Waals surface area contributed by atoms with E-state index in [1.54, 1.807) is 11.3 Å². The zero-order valence-electron chi connectivity index (χ0n) is 8.90. The summed E-state index contributed by atoms with van der Waals surface area (Å²) in [5, 5.41) is 4.16. The van der Waals surface area contributed by atoms with Gasteiger partial charge in [0.2, 0.25) is 0 Å². The van der Waals surface area contributed by atoms with Crippen LogP contribution in [0.1, 0.15) is 23.4 Å². The number of hydrogen-bond acceptors (Lipinski definition) is 5. The highest BCUT2D eigenvalue weighted by Gasteiger charge is 2.28. The molecule has 0 aromatic carbocycles. The van der Waals surface area contributed by atoms with Crippen LogP contribution >= 0.6 is 11.3 Å². The van der Waals surface area contributed by atoms with Crippen LogP contribution in [0.15, 0.2) is 0 Å². The van der Waals surface area contributed by atoms with E-state index in [-0.39, 0.29) is 11.8 Å². The molecule has 16 heavy (non-hydrogen) atoms. The Morgan fingerprint density at radius 2 is 2.25 bits per heavy atom. The number of hydrogen-bond donors (Lipinski definition) is 1. The van der Waals surface area contributed by atoms with Gasteiger partial charge in [0, 0.05) is 10.9 Å². The summed E-state index contributed by atoms with van der Waals surface area (Å²) in [6.45, 7) is 0. The molecule has 1 N–H and O–H groups in total. The van der Waals surface area contributed by atoms with E-state index < -0.39 is 9.84 Å². The van der Waals surface area contributed by atoms with Gasteiger partial charge in [-0.1, -0.05) is 0 Å². The Morgan fingerprint density at radius 3 is 2.94 bits per heavy atom. The van der Waals surface area contributed by atoms with Crippen molar-refractivity contribution in [3.63, 3.8) is 0 Å². The highest BCUT2D eigenvalue weighted by atomic mass is 32.2. The molecule has 0 amide bonds. The fraction of sp³-hybridized carbons (Fsp3) is 0.700. The van der Waals surface area contributed by atoms with Crippen LogP contribution in [0.25, 0.3) is 0 Å². The molecule has 3 rings (SSSR count). The molecule has 6 heteroatoms. The molecule has 0 bridgehead atoms. The molecule has 1 saturated heterocycles. The minimum atomic E-state index is -2.80. The molecule has 2 heterocycles. The van der Waals surface area contributed by atoms with Crippen molar-refractivity contribution in [3.05, 3.63) is 10.6 Å². The van der Waals surface area contributed by atoms with E-state index in [0.29, 0.717) is 12.2 Å². The first-order valence-electron chi connectivity index (χ1n) is 5.58. The van der Waals surface area contributed by atoms with Crippen LogP contribution in [0.3, 0.4) is 0 Å². The third kappa shape index (κ3) is 1.96. The maximum Gasteiger partial charge on any atom is 0.183 e. The maximum absolute atomic E-state index is 11.3. The number of aryl methyl sites for hydroxylation is 2. The van der Waals surface area contributed by atoms with Gasteiger partial charge in [-0.05, 0) is 25.7 Å². The number of fused-ring (bicyclic) bond motifs is 1. The SMILES string of the molecule is O=S1(=O)CCC(Nc2nc3c(s2)CCC3)C1. The third-order valence-corrected chi connectivity index (χ3v) is 6.01. The van der Waals surface area contributed by atoms with Crippen LogP contribution in [0, 0.1) is 0 Å². The number of rotatable bonds is 2. The Balaban J connectivity index is 1.71. The molecule has 4 nitrogen and oxygen atoms in total. The predicted octanol–water partition coefficient (Wildman–Crippen LogP) is 1.23. The number of nitrogens with one attached hydrogen (secondary N) is 1. The Hall–Kier alpha value is -0.620. The highest BCUT2D eigenvalue weighted by molar-refractivity contribution is 7.91. The fourth-order valence-corrected chi connectivity index (χ4v) is 5.14. The lowest BCUT2D eigenvalue weighted by atomic mass is 10.3. The summed E-state index contributed by atoms with van der Waals surface area (Å²) in [5.74, 6) is 0.576. The molecule has 0 saturated carbocycles. The van der Waals surface area contributed by atoms with Crippen molar-refractivity contribution in [2.75, 3.05) is 16.8 Å². The van der Waals surface area contributed by atoms with Gasteiger partial charge in [0.15, 0.2) is 15.0 Å². The van der Waals surface area contributed by atoms with Gasteiger partial charge in [0.05, 0.1) is 17.2 Å². The van der Waals surface area contributed by atoms with Crippen LogP contribution < -0.4 is 5.32 Å². The summed E-state index contributed by atoms with van der Waals surface area (Å²) in [6, 6.07) is 0.0660. The molecule has 0 radical (unpaired) electrons. The molecule has 88 valence electrons. The van der Waals surface area contributed by atoms with E-state index >= 15 is 0 Å². The Labute approximate surface area is 99.0 Å². The quantitative estimate of drug-likeness (QED) is 0.867. The second kappa shape index (κ2) is 3.70. The van der Waals surface area contributed by atoms with Gasteiger partial charge in [-0.3, -0.25) is 0 Å². The number of nitrogens with zero attached hydrogens (tertiary/aromatic N) is 1. The van der Waals surface area contributed by atoms with E-state index in [2.05, 4.69) is 10.3 Å². The maximum atomic E-state index is 11.3. The van der Waals surface area contributed by atoms with Gasteiger partial charge < -0.3 is 5.32 Å². The van der Waals surface area contributed by atoms with Crippen molar-refractivity contribution in [1.82, 2.24) is 4.98 Å². The largest absolute Gasteiger partial charge is 0.358 e. The number of aromatic nitrogens is 1. The molecule has 1 aliphatic heterocycles. The molecule has 1 aliphatic carbocycles. The smallest absolute Gasteiger partial charge is 0.183 e. The minimum absolute atomic E-state index is 0.0660. The van der Waals surface area contributed by atoms with Crippen molar-refractivity contribution in [2.45, 2.75) is 31.7 Å². The number of sulfone groups is 1. The highest BCUT2D eigenvalue weighted by Crippen LogP contribution is 2.31. The Morgan fingerprint density at radius 1 is 1.38 bits per heavy atom. The fourth-order valence-electron chi connectivity index (χ4n) is 2.34. The lowest BCUT2D eigenvalue weighted by Crippen LogP contribution is -2.20. The van der Waals surface area contributed by atoms with E-state index in [4.69, 9.17) is 0 Å². The van der Waals surface area contributed by atoms with Crippen molar-refractivity contribution in [3.8, 4) is 0 Å². The third-order valence-electron chi connectivity index (χ3n) is 3.16. The van der Waals surface area contributed by atoms with E-state index in [1.165, 1.54) is 17.0 Å². The van der Waals surface area contributed by atoms with Crippen molar-refractivity contribution < 1.29 is 8.42 Å². The van der Waals surface area contributed by atoms with E-state index in [1.807, 2.05) is 0 Å². The molecule has 1 aromatic rings. The summed E-state index contributed by atoms with van der Waals surface area (Å²) in [4.78, 5) is 5.89. The van der Waals surface area contributed by atoms with Crippen LogP contribution in [-0.4, -0.2) is 30.9 Å². The Bertz CT molecular complexity index is 485. The second-order valence-electron chi connectivity index (χ2n) is 4.49. The van der Waals surface area contributed by atoms with E-state index in [9.17, 15) is 8.42 Å². The van der Waals surface area contributed by atoms with Crippen LogP contribution in [0.4, 0.5) is 5.13 Å². The predicted molar refractivity (Wildman–Crippen MR) is 64.8 cm³/mol. The monoisotopic (exact) mass is 258 g/mol.